The predicted molar refractivity (Wildman–Crippen MR) is 75.1 cm³/mol. The Balaban J connectivity index is 2.79. The molecule has 0 saturated heterocycles. The van der Waals surface area contributed by atoms with Gasteiger partial charge < -0.3 is 5.32 Å². The van der Waals surface area contributed by atoms with Gasteiger partial charge in [-0.2, -0.15) is 0 Å². The SMILES string of the molecule is CCC(C)CC(C)NC(=O)c1c(F)cc(Br)cc1F. The molecule has 2 atom stereocenters. The van der Waals surface area contributed by atoms with Gasteiger partial charge in [-0.25, -0.2) is 8.78 Å². The lowest BCUT2D eigenvalue weighted by Gasteiger charge is -2.18. The van der Waals surface area contributed by atoms with E-state index in [1.54, 1.807) is 0 Å². The van der Waals surface area contributed by atoms with Crippen molar-refractivity contribution in [1.82, 2.24) is 5.32 Å². The number of rotatable bonds is 5. The smallest absolute Gasteiger partial charge is 0.257 e. The zero-order valence-electron chi connectivity index (χ0n) is 11.3. The van der Waals surface area contributed by atoms with Crippen molar-refractivity contribution in [1.29, 1.82) is 0 Å². The largest absolute Gasteiger partial charge is 0.349 e. The third-order valence-electron chi connectivity index (χ3n) is 3.06. The summed E-state index contributed by atoms with van der Waals surface area (Å²) in [7, 11) is 0. The Bertz CT molecular complexity index is 442. The molecule has 0 aromatic heterocycles. The van der Waals surface area contributed by atoms with Gasteiger partial charge in [0, 0.05) is 10.5 Å². The Kier molecular flexibility index (Phi) is 5.91. The van der Waals surface area contributed by atoms with Gasteiger partial charge in [-0.3, -0.25) is 4.79 Å². The van der Waals surface area contributed by atoms with Gasteiger partial charge in [-0.1, -0.05) is 36.2 Å². The first-order valence-electron chi connectivity index (χ1n) is 6.30. The van der Waals surface area contributed by atoms with Crippen molar-refractivity contribution >= 4 is 21.8 Å². The third-order valence-corrected chi connectivity index (χ3v) is 3.52. The van der Waals surface area contributed by atoms with Crippen molar-refractivity contribution in [3.8, 4) is 0 Å². The van der Waals surface area contributed by atoms with E-state index in [9.17, 15) is 13.6 Å². The van der Waals surface area contributed by atoms with Gasteiger partial charge in [-0.05, 0) is 31.4 Å². The molecule has 0 aliphatic rings. The molecule has 0 bridgehead atoms. The van der Waals surface area contributed by atoms with E-state index in [4.69, 9.17) is 0 Å². The highest BCUT2D eigenvalue weighted by Gasteiger charge is 2.20. The van der Waals surface area contributed by atoms with Gasteiger partial charge in [0.15, 0.2) is 0 Å². The normalized spacial score (nSPS) is 14.0. The molecule has 0 aliphatic heterocycles. The molecule has 5 heteroatoms. The number of hydrogen-bond donors (Lipinski definition) is 1. The number of amides is 1. The Morgan fingerprint density at radius 2 is 1.84 bits per heavy atom. The molecule has 1 rings (SSSR count). The van der Waals surface area contributed by atoms with Crippen LogP contribution in [0, 0.1) is 17.6 Å². The predicted octanol–water partition coefficient (Wildman–Crippen LogP) is 4.28. The Morgan fingerprint density at radius 3 is 2.32 bits per heavy atom. The van der Waals surface area contributed by atoms with Crippen LogP contribution in [0.4, 0.5) is 8.78 Å². The average Bonchev–Trinajstić information content (AvgIpc) is 2.26. The Hall–Kier alpha value is -0.970. The van der Waals surface area contributed by atoms with Gasteiger partial charge >= 0.3 is 0 Å². The van der Waals surface area contributed by atoms with Crippen molar-refractivity contribution in [2.75, 3.05) is 0 Å². The van der Waals surface area contributed by atoms with E-state index in [1.807, 2.05) is 6.92 Å². The number of carbonyl (C=O) groups excluding carboxylic acids is 1. The van der Waals surface area contributed by atoms with Gasteiger partial charge in [0.05, 0.1) is 0 Å². The Labute approximate surface area is 120 Å². The Morgan fingerprint density at radius 1 is 1.32 bits per heavy atom. The maximum atomic E-state index is 13.6. The standard InChI is InChI=1S/C14H18BrF2NO/c1-4-8(2)5-9(3)18-14(19)13-11(16)6-10(15)7-12(13)17/h6-9H,4-5H2,1-3H3,(H,18,19). The van der Waals surface area contributed by atoms with Crippen LogP contribution in [0.5, 0.6) is 0 Å². The van der Waals surface area contributed by atoms with Gasteiger partial charge in [0.2, 0.25) is 0 Å². The summed E-state index contributed by atoms with van der Waals surface area (Å²) in [5, 5.41) is 2.63. The van der Waals surface area contributed by atoms with Crippen LogP contribution in [0.15, 0.2) is 16.6 Å². The highest BCUT2D eigenvalue weighted by molar-refractivity contribution is 9.10. The summed E-state index contributed by atoms with van der Waals surface area (Å²) in [6, 6.07) is 2.04. The number of halogens is 3. The molecule has 1 aromatic rings. The second-order valence-corrected chi connectivity index (χ2v) is 5.78. The molecule has 0 radical (unpaired) electrons. The highest BCUT2D eigenvalue weighted by Crippen LogP contribution is 2.20. The molecule has 0 saturated carbocycles. The molecule has 1 N–H and O–H groups in total. The monoisotopic (exact) mass is 333 g/mol. The van der Waals surface area contributed by atoms with E-state index in [2.05, 4.69) is 35.1 Å². The van der Waals surface area contributed by atoms with Crippen molar-refractivity contribution in [2.45, 2.75) is 39.7 Å². The van der Waals surface area contributed by atoms with Crippen LogP contribution in [-0.2, 0) is 0 Å². The van der Waals surface area contributed by atoms with E-state index in [0.29, 0.717) is 5.92 Å². The summed E-state index contributed by atoms with van der Waals surface area (Å²) in [6.07, 6.45) is 1.78. The van der Waals surface area contributed by atoms with Crippen LogP contribution in [0.2, 0.25) is 0 Å². The maximum Gasteiger partial charge on any atom is 0.257 e. The molecule has 106 valence electrons. The van der Waals surface area contributed by atoms with E-state index >= 15 is 0 Å². The summed E-state index contributed by atoms with van der Waals surface area (Å²) >= 11 is 2.98. The average molecular weight is 334 g/mol. The van der Waals surface area contributed by atoms with Crippen LogP contribution in [0.3, 0.4) is 0 Å². The number of nitrogens with one attached hydrogen (secondary N) is 1. The summed E-state index contributed by atoms with van der Waals surface area (Å²) in [6.45, 7) is 5.97. The van der Waals surface area contributed by atoms with Crippen molar-refractivity contribution in [3.63, 3.8) is 0 Å². The number of benzene rings is 1. The van der Waals surface area contributed by atoms with Crippen LogP contribution in [0.1, 0.15) is 44.0 Å². The molecule has 0 heterocycles. The molecule has 2 nitrogen and oxygen atoms in total. The number of hydrogen-bond acceptors (Lipinski definition) is 1. The number of carbonyl (C=O) groups is 1. The minimum atomic E-state index is -0.861. The van der Waals surface area contributed by atoms with Gasteiger partial charge in [0.25, 0.3) is 5.91 Å². The molecule has 19 heavy (non-hydrogen) atoms. The maximum absolute atomic E-state index is 13.6. The molecule has 0 spiro atoms. The fourth-order valence-electron chi connectivity index (χ4n) is 1.88. The van der Waals surface area contributed by atoms with Crippen molar-refractivity contribution < 1.29 is 13.6 Å². The topological polar surface area (TPSA) is 29.1 Å². The van der Waals surface area contributed by atoms with Crippen LogP contribution < -0.4 is 5.32 Å². The fraction of sp³-hybridized carbons (Fsp3) is 0.500. The lowest BCUT2D eigenvalue weighted by molar-refractivity contribution is 0.0927. The van der Waals surface area contributed by atoms with E-state index in [0.717, 1.165) is 25.0 Å². The molecule has 0 fully saturated rings. The summed E-state index contributed by atoms with van der Waals surface area (Å²) in [5.74, 6) is -1.98. The molecular weight excluding hydrogens is 316 g/mol. The zero-order valence-corrected chi connectivity index (χ0v) is 12.9. The second kappa shape index (κ2) is 6.98. The minimum Gasteiger partial charge on any atom is -0.349 e. The van der Waals surface area contributed by atoms with Crippen LogP contribution in [0.25, 0.3) is 0 Å². The summed E-state index contributed by atoms with van der Waals surface area (Å²) < 4.78 is 27.5. The first-order chi connectivity index (χ1) is 8.85. The lowest BCUT2D eigenvalue weighted by Crippen LogP contribution is -2.34. The third kappa shape index (κ3) is 4.56. The molecule has 2 unspecified atom stereocenters. The van der Waals surface area contributed by atoms with Crippen molar-refractivity contribution in [2.24, 2.45) is 5.92 Å². The van der Waals surface area contributed by atoms with Crippen molar-refractivity contribution in [3.05, 3.63) is 33.8 Å². The fourth-order valence-corrected chi connectivity index (χ4v) is 2.29. The van der Waals surface area contributed by atoms with Crippen LogP contribution in [-0.4, -0.2) is 11.9 Å². The van der Waals surface area contributed by atoms with E-state index in [1.165, 1.54) is 0 Å². The lowest BCUT2D eigenvalue weighted by atomic mass is 10.00. The van der Waals surface area contributed by atoms with E-state index in [-0.39, 0.29) is 10.5 Å². The first-order valence-corrected chi connectivity index (χ1v) is 7.09. The minimum absolute atomic E-state index is 0.120. The molecular formula is C14H18BrF2NO. The molecule has 0 aliphatic carbocycles. The summed E-state index contributed by atoms with van der Waals surface area (Å²) in [4.78, 5) is 11.9. The summed E-state index contributed by atoms with van der Waals surface area (Å²) in [5.41, 5.74) is -0.529. The molecule has 1 aromatic carbocycles. The van der Waals surface area contributed by atoms with Gasteiger partial charge in [0.1, 0.15) is 17.2 Å². The molecule has 1 amide bonds. The van der Waals surface area contributed by atoms with Gasteiger partial charge in [-0.15, -0.1) is 0 Å². The second-order valence-electron chi connectivity index (χ2n) is 4.87. The van der Waals surface area contributed by atoms with E-state index < -0.39 is 23.1 Å². The van der Waals surface area contributed by atoms with Crippen LogP contribution >= 0.6 is 15.9 Å². The zero-order chi connectivity index (χ0) is 14.6. The first kappa shape index (κ1) is 16.1. The highest BCUT2D eigenvalue weighted by atomic mass is 79.9. The quantitative estimate of drug-likeness (QED) is 0.855.